The summed E-state index contributed by atoms with van der Waals surface area (Å²) < 4.78 is 22.9. The van der Waals surface area contributed by atoms with E-state index in [-0.39, 0.29) is 17.2 Å². The van der Waals surface area contributed by atoms with Gasteiger partial charge in [0.2, 0.25) is 0 Å². The molecule has 0 radical (unpaired) electrons. The summed E-state index contributed by atoms with van der Waals surface area (Å²) in [5.74, 6) is 0.0752. The molecule has 0 saturated carbocycles. The molecule has 5 heteroatoms. The normalized spacial score (nSPS) is 13.8. The zero-order valence-corrected chi connectivity index (χ0v) is 9.37. The SMILES string of the molecule is CCS(=O)(=O)c1ccc(C(O)CN)cc1. The molecule has 0 amide bonds. The first-order chi connectivity index (χ1) is 7.01. The first-order valence-electron chi connectivity index (χ1n) is 4.72. The Hall–Kier alpha value is -0.910. The van der Waals surface area contributed by atoms with Crippen LogP contribution < -0.4 is 5.73 Å². The largest absolute Gasteiger partial charge is 0.387 e. The molecule has 0 bridgehead atoms. The number of aliphatic hydroxyl groups is 1. The van der Waals surface area contributed by atoms with Crippen molar-refractivity contribution >= 4 is 9.84 Å². The van der Waals surface area contributed by atoms with E-state index in [2.05, 4.69) is 0 Å². The maximum Gasteiger partial charge on any atom is 0.178 e. The minimum Gasteiger partial charge on any atom is -0.387 e. The van der Waals surface area contributed by atoms with Crippen LogP contribution in [0.15, 0.2) is 29.2 Å². The molecule has 1 aromatic carbocycles. The van der Waals surface area contributed by atoms with E-state index >= 15 is 0 Å². The number of hydrogen-bond donors (Lipinski definition) is 2. The fourth-order valence-electron chi connectivity index (χ4n) is 1.20. The van der Waals surface area contributed by atoms with Crippen LogP contribution in [0.25, 0.3) is 0 Å². The summed E-state index contributed by atoms with van der Waals surface area (Å²) in [6.07, 6.45) is -0.733. The van der Waals surface area contributed by atoms with Crippen LogP contribution in [0, 0.1) is 0 Å². The molecule has 0 heterocycles. The molecule has 1 rings (SSSR count). The van der Waals surface area contributed by atoms with Crippen molar-refractivity contribution in [1.82, 2.24) is 0 Å². The van der Waals surface area contributed by atoms with Gasteiger partial charge in [0.1, 0.15) is 0 Å². The highest BCUT2D eigenvalue weighted by molar-refractivity contribution is 7.91. The van der Waals surface area contributed by atoms with E-state index in [4.69, 9.17) is 5.73 Å². The lowest BCUT2D eigenvalue weighted by molar-refractivity contribution is 0.186. The molecular formula is C10H15NO3S. The second kappa shape index (κ2) is 4.74. The van der Waals surface area contributed by atoms with Crippen molar-refractivity contribution in [2.75, 3.05) is 12.3 Å². The Morgan fingerprint density at radius 1 is 1.33 bits per heavy atom. The molecule has 84 valence electrons. The van der Waals surface area contributed by atoms with Gasteiger partial charge in [0, 0.05) is 6.54 Å². The van der Waals surface area contributed by atoms with Crippen molar-refractivity contribution in [3.63, 3.8) is 0 Å². The second-order valence-electron chi connectivity index (χ2n) is 3.22. The molecular weight excluding hydrogens is 214 g/mol. The lowest BCUT2D eigenvalue weighted by Gasteiger charge is -2.08. The number of benzene rings is 1. The fourth-order valence-corrected chi connectivity index (χ4v) is 2.08. The monoisotopic (exact) mass is 229 g/mol. The molecule has 1 aromatic rings. The maximum atomic E-state index is 11.5. The fraction of sp³-hybridized carbons (Fsp3) is 0.400. The molecule has 15 heavy (non-hydrogen) atoms. The van der Waals surface area contributed by atoms with E-state index in [0.29, 0.717) is 5.56 Å². The third-order valence-corrected chi connectivity index (χ3v) is 3.98. The van der Waals surface area contributed by atoms with Crippen LogP contribution in [-0.2, 0) is 9.84 Å². The minimum absolute atomic E-state index is 0.0752. The zero-order valence-electron chi connectivity index (χ0n) is 8.55. The summed E-state index contributed by atoms with van der Waals surface area (Å²) in [5, 5.41) is 9.41. The van der Waals surface area contributed by atoms with Gasteiger partial charge in [0.05, 0.1) is 16.8 Å². The van der Waals surface area contributed by atoms with Gasteiger partial charge in [-0.2, -0.15) is 0 Å². The first kappa shape index (κ1) is 12.2. The third-order valence-electron chi connectivity index (χ3n) is 2.23. The average molecular weight is 229 g/mol. The number of nitrogens with two attached hydrogens (primary N) is 1. The van der Waals surface area contributed by atoms with Gasteiger partial charge in [-0.05, 0) is 17.7 Å². The summed E-state index contributed by atoms with van der Waals surface area (Å²) in [5.41, 5.74) is 5.92. The number of rotatable bonds is 4. The zero-order chi connectivity index (χ0) is 11.5. The highest BCUT2D eigenvalue weighted by atomic mass is 32.2. The van der Waals surface area contributed by atoms with Crippen molar-refractivity contribution in [2.24, 2.45) is 5.73 Å². The van der Waals surface area contributed by atoms with Crippen LogP contribution in [0.4, 0.5) is 0 Å². The van der Waals surface area contributed by atoms with Crippen LogP contribution in [0.1, 0.15) is 18.6 Å². The van der Waals surface area contributed by atoms with Gasteiger partial charge in [-0.25, -0.2) is 8.42 Å². The summed E-state index contributed by atoms with van der Waals surface area (Å²) in [4.78, 5) is 0.276. The standard InChI is InChI=1S/C10H15NO3S/c1-2-15(13,14)9-5-3-8(4-6-9)10(12)7-11/h3-6,10,12H,2,7,11H2,1H3. The van der Waals surface area contributed by atoms with E-state index < -0.39 is 15.9 Å². The Morgan fingerprint density at radius 2 is 1.87 bits per heavy atom. The lowest BCUT2D eigenvalue weighted by atomic mass is 10.1. The summed E-state index contributed by atoms with van der Waals surface area (Å²) in [6, 6.07) is 6.15. The van der Waals surface area contributed by atoms with Gasteiger partial charge in [0.25, 0.3) is 0 Å². The van der Waals surface area contributed by atoms with E-state index in [1.54, 1.807) is 19.1 Å². The molecule has 0 spiro atoms. The third kappa shape index (κ3) is 2.77. The highest BCUT2D eigenvalue weighted by Gasteiger charge is 2.12. The Bertz CT molecular complexity index is 411. The quantitative estimate of drug-likeness (QED) is 0.786. The van der Waals surface area contributed by atoms with Crippen LogP contribution in [0.2, 0.25) is 0 Å². The number of hydrogen-bond acceptors (Lipinski definition) is 4. The number of aliphatic hydroxyl groups excluding tert-OH is 1. The highest BCUT2D eigenvalue weighted by Crippen LogP contribution is 2.16. The maximum absolute atomic E-state index is 11.5. The Balaban J connectivity index is 3.00. The van der Waals surface area contributed by atoms with E-state index in [0.717, 1.165) is 0 Å². The summed E-state index contributed by atoms with van der Waals surface area (Å²) in [7, 11) is -3.16. The van der Waals surface area contributed by atoms with Crippen molar-refractivity contribution in [3.8, 4) is 0 Å². The summed E-state index contributed by atoms with van der Waals surface area (Å²) >= 11 is 0. The van der Waals surface area contributed by atoms with E-state index in [1.807, 2.05) is 0 Å². The number of sulfone groups is 1. The molecule has 0 saturated heterocycles. The van der Waals surface area contributed by atoms with Crippen LogP contribution in [0.3, 0.4) is 0 Å². The first-order valence-corrected chi connectivity index (χ1v) is 6.37. The van der Waals surface area contributed by atoms with Crippen LogP contribution in [0.5, 0.6) is 0 Å². The molecule has 0 aliphatic heterocycles. The van der Waals surface area contributed by atoms with Crippen LogP contribution in [-0.4, -0.2) is 25.8 Å². The van der Waals surface area contributed by atoms with Gasteiger partial charge in [-0.3, -0.25) is 0 Å². The Morgan fingerprint density at radius 3 is 2.27 bits per heavy atom. The Labute approximate surface area is 89.7 Å². The van der Waals surface area contributed by atoms with Gasteiger partial charge in [-0.1, -0.05) is 19.1 Å². The molecule has 0 fully saturated rings. The predicted octanol–water partition coefficient (Wildman–Crippen LogP) is 0.472. The van der Waals surface area contributed by atoms with Crippen LogP contribution >= 0.6 is 0 Å². The molecule has 3 N–H and O–H groups in total. The van der Waals surface area contributed by atoms with Gasteiger partial charge >= 0.3 is 0 Å². The molecule has 0 aliphatic carbocycles. The minimum atomic E-state index is -3.16. The molecule has 0 aliphatic rings. The predicted molar refractivity (Wildman–Crippen MR) is 58.2 cm³/mol. The molecule has 4 nitrogen and oxygen atoms in total. The molecule has 1 atom stereocenters. The van der Waals surface area contributed by atoms with E-state index in [1.165, 1.54) is 12.1 Å². The topological polar surface area (TPSA) is 80.4 Å². The summed E-state index contributed by atoms with van der Waals surface area (Å²) in [6.45, 7) is 1.72. The molecule has 0 aromatic heterocycles. The van der Waals surface area contributed by atoms with Crippen molar-refractivity contribution in [2.45, 2.75) is 17.9 Å². The smallest absolute Gasteiger partial charge is 0.178 e. The van der Waals surface area contributed by atoms with E-state index in [9.17, 15) is 13.5 Å². The van der Waals surface area contributed by atoms with Crippen molar-refractivity contribution < 1.29 is 13.5 Å². The lowest BCUT2D eigenvalue weighted by Crippen LogP contribution is -2.11. The van der Waals surface area contributed by atoms with Crippen molar-refractivity contribution in [3.05, 3.63) is 29.8 Å². The van der Waals surface area contributed by atoms with Crippen molar-refractivity contribution in [1.29, 1.82) is 0 Å². The van der Waals surface area contributed by atoms with Gasteiger partial charge < -0.3 is 10.8 Å². The van der Waals surface area contributed by atoms with Gasteiger partial charge in [0.15, 0.2) is 9.84 Å². The van der Waals surface area contributed by atoms with Gasteiger partial charge in [-0.15, -0.1) is 0 Å². The Kier molecular flexibility index (Phi) is 3.84. The second-order valence-corrected chi connectivity index (χ2v) is 5.50. The average Bonchev–Trinajstić information content (AvgIpc) is 2.28. The molecule has 1 unspecified atom stereocenters.